The zero-order valence-corrected chi connectivity index (χ0v) is 14.1. The topological polar surface area (TPSA) is 76.7 Å². The summed E-state index contributed by atoms with van der Waals surface area (Å²) in [6, 6.07) is 3.28. The summed E-state index contributed by atoms with van der Waals surface area (Å²) >= 11 is 0. The number of carbonyl (C=O) groups excluding carboxylic acids is 2. The Kier molecular flexibility index (Phi) is 7.66. The number of carbonyl (C=O) groups is 2. The Balaban J connectivity index is 2.92. The van der Waals surface area contributed by atoms with E-state index in [1.54, 1.807) is 19.2 Å². The maximum Gasteiger partial charge on any atom is 0.251 e. The Morgan fingerprint density at radius 3 is 2.48 bits per heavy atom. The maximum atomic E-state index is 12.2. The molecule has 0 aliphatic carbocycles. The molecule has 0 aliphatic rings. The highest BCUT2D eigenvalue weighted by molar-refractivity contribution is 5.97. The van der Waals surface area contributed by atoms with Crippen molar-refractivity contribution in [2.45, 2.75) is 20.3 Å². The number of rotatable bonds is 8. The standard InChI is InChI=1S/C17H24N2O4/c1-5-7-12-9-13(10-14(22-3)16(12)23-4)17(21)19-11-15(20)18-8-6-2/h5,7,9-10H,6,8,11H2,1-4H3,(H,18,20)(H,19,21)/b7-5+. The van der Waals surface area contributed by atoms with Crippen LogP contribution in [0.5, 0.6) is 11.5 Å². The van der Waals surface area contributed by atoms with Gasteiger partial charge < -0.3 is 20.1 Å². The first-order valence-electron chi connectivity index (χ1n) is 7.50. The van der Waals surface area contributed by atoms with Crippen molar-refractivity contribution in [3.63, 3.8) is 0 Å². The zero-order valence-electron chi connectivity index (χ0n) is 14.1. The average molecular weight is 320 g/mol. The van der Waals surface area contributed by atoms with E-state index >= 15 is 0 Å². The summed E-state index contributed by atoms with van der Waals surface area (Å²) in [6.45, 7) is 4.37. The molecule has 0 aromatic heterocycles. The van der Waals surface area contributed by atoms with Crippen LogP contribution in [0.15, 0.2) is 18.2 Å². The van der Waals surface area contributed by atoms with Gasteiger partial charge in [0.05, 0.1) is 20.8 Å². The number of allylic oxidation sites excluding steroid dienone is 1. The molecule has 0 fully saturated rings. The summed E-state index contributed by atoms with van der Waals surface area (Å²) in [5.41, 5.74) is 1.13. The van der Waals surface area contributed by atoms with Gasteiger partial charge in [-0.2, -0.15) is 0 Å². The molecule has 1 aromatic carbocycles. The van der Waals surface area contributed by atoms with Crippen molar-refractivity contribution in [2.24, 2.45) is 0 Å². The summed E-state index contributed by atoms with van der Waals surface area (Å²) < 4.78 is 10.6. The molecule has 0 aliphatic heterocycles. The fourth-order valence-electron chi connectivity index (χ4n) is 2.02. The number of methoxy groups -OCH3 is 2. The van der Waals surface area contributed by atoms with E-state index in [-0.39, 0.29) is 18.4 Å². The van der Waals surface area contributed by atoms with E-state index in [1.165, 1.54) is 7.11 Å². The van der Waals surface area contributed by atoms with Gasteiger partial charge in [-0.15, -0.1) is 0 Å². The van der Waals surface area contributed by atoms with Crippen molar-refractivity contribution in [1.29, 1.82) is 0 Å². The van der Waals surface area contributed by atoms with Crippen LogP contribution in [0.25, 0.3) is 6.08 Å². The van der Waals surface area contributed by atoms with Gasteiger partial charge in [0, 0.05) is 17.7 Å². The Labute approximate surface area is 136 Å². The highest BCUT2D eigenvalue weighted by Crippen LogP contribution is 2.33. The third kappa shape index (κ3) is 5.32. The number of ether oxygens (including phenoxy) is 2. The van der Waals surface area contributed by atoms with Crippen LogP contribution in [0.4, 0.5) is 0 Å². The molecule has 0 atom stereocenters. The minimum absolute atomic E-state index is 0.0634. The van der Waals surface area contributed by atoms with Gasteiger partial charge in [0.2, 0.25) is 5.91 Å². The molecule has 0 spiro atoms. The Hall–Kier alpha value is -2.50. The van der Waals surface area contributed by atoms with E-state index in [4.69, 9.17) is 9.47 Å². The predicted octanol–water partition coefficient (Wildman–Crippen LogP) is 1.99. The SMILES string of the molecule is C/C=C/c1cc(C(=O)NCC(=O)NCCC)cc(OC)c1OC. The van der Waals surface area contributed by atoms with E-state index in [0.717, 1.165) is 12.0 Å². The van der Waals surface area contributed by atoms with E-state index in [1.807, 2.05) is 26.0 Å². The molecule has 2 N–H and O–H groups in total. The predicted molar refractivity (Wildman–Crippen MR) is 89.9 cm³/mol. The summed E-state index contributed by atoms with van der Waals surface area (Å²) in [5, 5.41) is 5.30. The molecule has 6 nitrogen and oxygen atoms in total. The number of hydrogen-bond donors (Lipinski definition) is 2. The first-order chi connectivity index (χ1) is 11.1. The van der Waals surface area contributed by atoms with Crippen LogP contribution in [-0.2, 0) is 4.79 Å². The molecule has 0 saturated heterocycles. The monoisotopic (exact) mass is 320 g/mol. The largest absolute Gasteiger partial charge is 0.493 e. The van der Waals surface area contributed by atoms with Crippen molar-refractivity contribution >= 4 is 17.9 Å². The van der Waals surface area contributed by atoms with E-state index in [2.05, 4.69) is 10.6 Å². The molecule has 126 valence electrons. The van der Waals surface area contributed by atoms with Gasteiger partial charge in [-0.1, -0.05) is 19.1 Å². The summed E-state index contributed by atoms with van der Waals surface area (Å²) in [5.74, 6) is 0.462. The third-order valence-corrected chi connectivity index (χ3v) is 3.10. The highest BCUT2D eigenvalue weighted by Gasteiger charge is 2.15. The van der Waals surface area contributed by atoms with Crippen LogP contribution < -0.4 is 20.1 Å². The second kappa shape index (κ2) is 9.50. The van der Waals surface area contributed by atoms with Crippen LogP contribution in [0.1, 0.15) is 36.2 Å². The average Bonchev–Trinajstić information content (AvgIpc) is 2.57. The van der Waals surface area contributed by atoms with Crippen molar-refractivity contribution in [3.8, 4) is 11.5 Å². The number of benzene rings is 1. The normalized spacial score (nSPS) is 10.4. The Bertz CT molecular complexity index is 582. The molecular formula is C17H24N2O4. The van der Waals surface area contributed by atoms with Gasteiger partial charge in [-0.05, 0) is 25.5 Å². The molecule has 23 heavy (non-hydrogen) atoms. The minimum atomic E-state index is -0.344. The molecule has 0 radical (unpaired) electrons. The molecule has 0 saturated carbocycles. The quantitative estimate of drug-likeness (QED) is 0.768. The van der Waals surface area contributed by atoms with Gasteiger partial charge >= 0.3 is 0 Å². The van der Waals surface area contributed by atoms with Crippen molar-refractivity contribution in [1.82, 2.24) is 10.6 Å². The minimum Gasteiger partial charge on any atom is -0.493 e. The van der Waals surface area contributed by atoms with Gasteiger partial charge in [0.25, 0.3) is 5.91 Å². The van der Waals surface area contributed by atoms with Crippen molar-refractivity contribution < 1.29 is 19.1 Å². The molecule has 6 heteroatoms. The second-order valence-electron chi connectivity index (χ2n) is 4.83. The first-order valence-corrected chi connectivity index (χ1v) is 7.50. The van der Waals surface area contributed by atoms with Crippen molar-refractivity contribution in [3.05, 3.63) is 29.3 Å². The number of hydrogen-bond acceptors (Lipinski definition) is 4. The Morgan fingerprint density at radius 2 is 1.91 bits per heavy atom. The lowest BCUT2D eigenvalue weighted by molar-refractivity contribution is -0.120. The lowest BCUT2D eigenvalue weighted by Crippen LogP contribution is -2.37. The van der Waals surface area contributed by atoms with Crippen LogP contribution in [0.3, 0.4) is 0 Å². The molecule has 0 bridgehead atoms. The lowest BCUT2D eigenvalue weighted by Gasteiger charge is -2.13. The third-order valence-electron chi connectivity index (χ3n) is 3.10. The van der Waals surface area contributed by atoms with Crippen LogP contribution in [-0.4, -0.2) is 39.1 Å². The van der Waals surface area contributed by atoms with Crippen LogP contribution in [0, 0.1) is 0 Å². The number of amides is 2. The summed E-state index contributed by atoms with van der Waals surface area (Å²) in [4.78, 5) is 23.8. The van der Waals surface area contributed by atoms with E-state index in [0.29, 0.717) is 23.6 Å². The fraction of sp³-hybridized carbons (Fsp3) is 0.412. The zero-order chi connectivity index (χ0) is 17.2. The number of nitrogens with one attached hydrogen (secondary N) is 2. The first kappa shape index (κ1) is 18.5. The van der Waals surface area contributed by atoms with E-state index < -0.39 is 0 Å². The lowest BCUT2D eigenvalue weighted by atomic mass is 10.1. The van der Waals surface area contributed by atoms with Crippen LogP contribution >= 0.6 is 0 Å². The molecule has 1 rings (SSSR count). The van der Waals surface area contributed by atoms with Crippen LogP contribution in [0.2, 0.25) is 0 Å². The highest BCUT2D eigenvalue weighted by atomic mass is 16.5. The maximum absolute atomic E-state index is 12.2. The van der Waals surface area contributed by atoms with Gasteiger partial charge in [-0.25, -0.2) is 0 Å². The Morgan fingerprint density at radius 1 is 1.17 bits per heavy atom. The molecular weight excluding hydrogens is 296 g/mol. The fourth-order valence-corrected chi connectivity index (χ4v) is 2.02. The van der Waals surface area contributed by atoms with E-state index in [9.17, 15) is 9.59 Å². The molecule has 2 amide bonds. The smallest absolute Gasteiger partial charge is 0.251 e. The summed E-state index contributed by atoms with van der Waals surface area (Å²) in [6.07, 6.45) is 4.52. The van der Waals surface area contributed by atoms with Crippen molar-refractivity contribution in [2.75, 3.05) is 27.3 Å². The molecule has 0 unspecified atom stereocenters. The summed E-state index contributed by atoms with van der Waals surface area (Å²) in [7, 11) is 3.06. The van der Waals surface area contributed by atoms with Gasteiger partial charge in [0.15, 0.2) is 11.5 Å². The molecule has 1 aromatic rings. The second-order valence-corrected chi connectivity index (χ2v) is 4.83. The van der Waals surface area contributed by atoms with Gasteiger partial charge in [-0.3, -0.25) is 9.59 Å². The molecule has 0 heterocycles. The van der Waals surface area contributed by atoms with Gasteiger partial charge in [0.1, 0.15) is 0 Å².